The van der Waals surface area contributed by atoms with Crippen molar-refractivity contribution >= 4 is 16.7 Å². The van der Waals surface area contributed by atoms with Crippen molar-refractivity contribution in [2.75, 3.05) is 12.8 Å². The number of carbonyl (C=O) groups excluding carboxylic acids is 1. The van der Waals surface area contributed by atoms with E-state index in [9.17, 15) is 9.00 Å². The fourth-order valence-electron chi connectivity index (χ4n) is 1.60. The van der Waals surface area contributed by atoms with Gasteiger partial charge in [0.05, 0.1) is 0 Å². The molecule has 0 spiro atoms. The number of rotatable bonds is 6. The number of hydrogen-bond acceptors (Lipinski definition) is 3. The van der Waals surface area contributed by atoms with Crippen molar-refractivity contribution in [3.63, 3.8) is 0 Å². The quantitative estimate of drug-likeness (QED) is 0.825. The molecule has 1 amide bonds. The maximum Gasteiger partial charge on any atom is 0.241 e. The van der Waals surface area contributed by atoms with Crippen LogP contribution in [0.5, 0.6) is 0 Å². The SMILES string of the molecule is Cc1ccc(C(N)C(=O)NCCC(C)S(C)=O)cc1. The lowest BCUT2D eigenvalue weighted by Crippen LogP contribution is -2.35. The zero-order valence-electron chi connectivity index (χ0n) is 11.7. The number of nitrogens with two attached hydrogens (primary N) is 1. The minimum atomic E-state index is -0.857. The highest BCUT2D eigenvalue weighted by Gasteiger charge is 2.15. The molecule has 0 radical (unpaired) electrons. The molecule has 0 bridgehead atoms. The third-order valence-corrected chi connectivity index (χ3v) is 4.50. The van der Waals surface area contributed by atoms with Crippen LogP contribution < -0.4 is 11.1 Å². The summed E-state index contributed by atoms with van der Waals surface area (Å²) in [6.07, 6.45) is 2.36. The monoisotopic (exact) mass is 282 g/mol. The maximum atomic E-state index is 11.9. The van der Waals surface area contributed by atoms with E-state index in [1.807, 2.05) is 38.1 Å². The first-order valence-electron chi connectivity index (χ1n) is 6.34. The van der Waals surface area contributed by atoms with Crippen molar-refractivity contribution in [2.45, 2.75) is 31.6 Å². The van der Waals surface area contributed by atoms with Gasteiger partial charge in [-0.05, 0) is 18.9 Å². The Kier molecular flexibility index (Phi) is 6.18. The number of amides is 1. The molecule has 4 nitrogen and oxygen atoms in total. The van der Waals surface area contributed by atoms with Crippen molar-refractivity contribution in [2.24, 2.45) is 5.73 Å². The summed E-state index contributed by atoms with van der Waals surface area (Å²) in [5, 5.41) is 2.86. The van der Waals surface area contributed by atoms with Gasteiger partial charge in [0.25, 0.3) is 0 Å². The fraction of sp³-hybridized carbons (Fsp3) is 0.500. The maximum absolute atomic E-state index is 11.9. The molecule has 0 aliphatic carbocycles. The first kappa shape index (κ1) is 15.9. The van der Waals surface area contributed by atoms with E-state index in [1.165, 1.54) is 0 Å². The van der Waals surface area contributed by atoms with E-state index in [0.29, 0.717) is 13.0 Å². The summed E-state index contributed by atoms with van der Waals surface area (Å²) in [6, 6.07) is 6.95. The second kappa shape index (κ2) is 7.40. The highest BCUT2D eigenvalue weighted by atomic mass is 32.2. The Hall–Kier alpha value is -1.20. The van der Waals surface area contributed by atoms with Crippen LogP contribution >= 0.6 is 0 Å². The second-order valence-corrected chi connectivity index (χ2v) is 6.58. The van der Waals surface area contributed by atoms with Crippen molar-refractivity contribution in [1.82, 2.24) is 5.32 Å². The molecular formula is C14H22N2O2S. The van der Waals surface area contributed by atoms with Gasteiger partial charge in [0.2, 0.25) is 5.91 Å². The molecule has 0 aromatic heterocycles. The summed E-state index contributed by atoms with van der Waals surface area (Å²) in [5.74, 6) is -0.196. The van der Waals surface area contributed by atoms with Crippen LogP contribution in [0, 0.1) is 6.92 Å². The van der Waals surface area contributed by atoms with Gasteiger partial charge in [0.1, 0.15) is 6.04 Å². The summed E-state index contributed by atoms with van der Waals surface area (Å²) in [5.41, 5.74) is 7.83. The zero-order chi connectivity index (χ0) is 14.4. The highest BCUT2D eigenvalue weighted by molar-refractivity contribution is 7.84. The third kappa shape index (κ3) is 5.12. The molecule has 0 saturated heterocycles. The Bertz CT molecular complexity index is 445. The molecule has 3 unspecified atom stereocenters. The summed E-state index contributed by atoms with van der Waals surface area (Å²) >= 11 is 0. The molecule has 5 heteroatoms. The van der Waals surface area contributed by atoms with Gasteiger partial charge < -0.3 is 11.1 Å². The van der Waals surface area contributed by atoms with Crippen molar-refractivity contribution in [3.8, 4) is 0 Å². The predicted octanol–water partition coefficient (Wildman–Crippen LogP) is 1.27. The Labute approximate surface area is 117 Å². The molecule has 3 atom stereocenters. The van der Waals surface area contributed by atoms with Crippen LogP contribution in [0.3, 0.4) is 0 Å². The molecule has 1 rings (SSSR count). The van der Waals surface area contributed by atoms with E-state index >= 15 is 0 Å². The molecule has 106 valence electrons. The topological polar surface area (TPSA) is 72.2 Å². The first-order chi connectivity index (χ1) is 8.91. The lowest BCUT2D eigenvalue weighted by atomic mass is 10.1. The molecular weight excluding hydrogens is 260 g/mol. The minimum absolute atomic E-state index is 0.0795. The molecule has 1 aromatic rings. The molecule has 0 saturated carbocycles. The Morgan fingerprint density at radius 2 is 1.95 bits per heavy atom. The fourth-order valence-corrected chi connectivity index (χ4v) is 2.05. The normalized spacial score (nSPS) is 15.6. The summed E-state index contributed by atoms with van der Waals surface area (Å²) in [4.78, 5) is 11.9. The van der Waals surface area contributed by atoms with Crippen molar-refractivity contribution in [1.29, 1.82) is 0 Å². The van der Waals surface area contributed by atoms with Crippen molar-refractivity contribution < 1.29 is 9.00 Å². The van der Waals surface area contributed by atoms with E-state index in [0.717, 1.165) is 11.1 Å². The second-order valence-electron chi connectivity index (χ2n) is 4.78. The van der Waals surface area contributed by atoms with Crippen molar-refractivity contribution in [3.05, 3.63) is 35.4 Å². The molecule has 0 aliphatic rings. The van der Waals surface area contributed by atoms with Gasteiger partial charge in [-0.2, -0.15) is 0 Å². The minimum Gasteiger partial charge on any atom is -0.354 e. The van der Waals surface area contributed by atoms with Crippen LogP contribution in [0.25, 0.3) is 0 Å². The number of carbonyl (C=O) groups is 1. The smallest absolute Gasteiger partial charge is 0.241 e. The summed E-state index contributed by atoms with van der Waals surface area (Å²) < 4.78 is 11.2. The third-order valence-electron chi connectivity index (χ3n) is 3.14. The lowest BCUT2D eigenvalue weighted by molar-refractivity contribution is -0.122. The van der Waals surface area contributed by atoms with Gasteiger partial charge in [0.15, 0.2) is 0 Å². The van der Waals surface area contributed by atoms with Gasteiger partial charge in [-0.15, -0.1) is 0 Å². The highest BCUT2D eigenvalue weighted by Crippen LogP contribution is 2.11. The summed E-state index contributed by atoms with van der Waals surface area (Å²) in [6.45, 7) is 4.39. The average Bonchev–Trinajstić information content (AvgIpc) is 2.38. The van der Waals surface area contributed by atoms with Crippen LogP contribution in [0.1, 0.15) is 30.5 Å². The van der Waals surface area contributed by atoms with Gasteiger partial charge in [-0.1, -0.05) is 36.8 Å². The van der Waals surface area contributed by atoms with E-state index in [2.05, 4.69) is 5.32 Å². The van der Waals surface area contributed by atoms with Crippen LogP contribution in [0.4, 0.5) is 0 Å². The van der Waals surface area contributed by atoms with Gasteiger partial charge in [0, 0.05) is 28.9 Å². The van der Waals surface area contributed by atoms with Crippen LogP contribution in [-0.4, -0.2) is 28.2 Å². The van der Waals surface area contributed by atoms with Crippen LogP contribution in [0.2, 0.25) is 0 Å². The standard InChI is InChI=1S/C14H22N2O2S/c1-10-4-6-12(7-5-10)13(15)14(17)16-9-8-11(2)19(3)18/h4-7,11,13H,8-9,15H2,1-3H3,(H,16,17). The molecule has 19 heavy (non-hydrogen) atoms. The molecule has 0 heterocycles. The lowest BCUT2D eigenvalue weighted by Gasteiger charge is -2.14. The van der Waals surface area contributed by atoms with Crippen LogP contribution in [-0.2, 0) is 15.6 Å². The van der Waals surface area contributed by atoms with Gasteiger partial charge >= 0.3 is 0 Å². The number of nitrogens with one attached hydrogen (secondary N) is 1. The Balaban J connectivity index is 2.45. The number of benzene rings is 1. The largest absolute Gasteiger partial charge is 0.354 e. The van der Waals surface area contributed by atoms with Crippen LogP contribution in [0.15, 0.2) is 24.3 Å². The molecule has 0 fully saturated rings. The Morgan fingerprint density at radius 3 is 2.47 bits per heavy atom. The van der Waals surface area contributed by atoms with Gasteiger partial charge in [-0.25, -0.2) is 0 Å². The molecule has 3 N–H and O–H groups in total. The number of aryl methyl sites for hydroxylation is 1. The molecule has 1 aromatic carbocycles. The summed E-state index contributed by atoms with van der Waals surface area (Å²) in [7, 11) is -0.857. The van der Waals surface area contributed by atoms with E-state index in [4.69, 9.17) is 5.73 Å². The van der Waals surface area contributed by atoms with Gasteiger partial charge in [-0.3, -0.25) is 9.00 Å². The van der Waals surface area contributed by atoms with E-state index in [-0.39, 0.29) is 11.2 Å². The average molecular weight is 282 g/mol. The van der Waals surface area contributed by atoms with E-state index in [1.54, 1.807) is 6.26 Å². The van der Waals surface area contributed by atoms with E-state index < -0.39 is 16.8 Å². The number of hydrogen-bond donors (Lipinski definition) is 2. The molecule has 0 aliphatic heterocycles. The first-order valence-corrected chi connectivity index (χ1v) is 7.96. The Morgan fingerprint density at radius 1 is 1.37 bits per heavy atom. The predicted molar refractivity (Wildman–Crippen MR) is 79.3 cm³/mol. The zero-order valence-corrected chi connectivity index (χ0v) is 12.5.